The smallest absolute Gasteiger partial charge is 0.307 e. The summed E-state index contributed by atoms with van der Waals surface area (Å²) in [6.45, 7) is 2.66. The Bertz CT molecular complexity index is 1930. The molecule has 216 valence electrons. The quantitative estimate of drug-likeness (QED) is 0.208. The van der Waals surface area contributed by atoms with Crippen molar-refractivity contribution in [3.63, 3.8) is 0 Å². The number of aliphatic carboxylic acids is 1. The maximum absolute atomic E-state index is 12.3. The number of benzene rings is 3. The second-order valence-electron chi connectivity index (χ2n) is 11.2. The van der Waals surface area contributed by atoms with Crippen LogP contribution in [0.1, 0.15) is 54.6 Å². The number of fused-ring (bicyclic) bond motifs is 2. The molecule has 7 rings (SSSR count). The number of carboxylic acids is 1. The summed E-state index contributed by atoms with van der Waals surface area (Å²) < 4.78 is 13.5. The fraction of sp³-hybridized carbons (Fsp3) is 0.265. The number of rotatable bonds is 8. The average Bonchev–Trinajstić information content (AvgIpc) is 3.63. The van der Waals surface area contributed by atoms with Gasteiger partial charge in [-0.05, 0) is 42.7 Å². The van der Waals surface area contributed by atoms with E-state index in [0.717, 1.165) is 63.8 Å². The van der Waals surface area contributed by atoms with Gasteiger partial charge in [-0.3, -0.25) is 4.79 Å². The maximum atomic E-state index is 12.3. The van der Waals surface area contributed by atoms with Gasteiger partial charge in [0.2, 0.25) is 11.7 Å². The van der Waals surface area contributed by atoms with Gasteiger partial charge in [0.05, 0.1) is 28.2 Å². The summed E-state index contributed by atoms with van der Waals surface area (Å²) in [6, 6.07) is 26.0. The third-order valence-electron chi connectivity index (χ3n) is 8.29. The van der Waals surface area contributed by atoms with Gasteiger partial charge in [-0.2, -0.15) is 4.98 Å². The summed E-state index contributed by atoms with van der Waals surface area (Å²) in [4.78, 5) is 26.4. The normalized spacial score (nSPS) is 17.0. The molecule has 0 amide bonds. The molecule has 0 aliphatic heterocycles. The van der Waals surface area contributed by atoms with Gasteiger partial charge in [0.1, 0.15) is 18.2 Å². The van der Waals surface area contributed by atoms with Crippen LogP contribution in [0.5, 0.6) is 5.75 Å². The molecule has 2 atom stereocenters. The number of ether oxygens (including phenoxy) is 1. The number of para-hydroxylation sites is 1. The van der Waals surface area contributed by atoms with E-state index < -0.39 is 11.9 Å². The second kappa shape index (κ2) is 11.3. The van der Waals surface area contributed by atoms with Crippen molar-refractivity contribution in [3.05, 3.63) is 102 Å². The highest BCUT2D eigenvalue weighted by Gasteiger charge is 2.35. The lowest BCUT2D eigenvalue weighted by atomic mass is 9.78. The molecular weight excluding hydrogens is 542 g/mol. The number of carbonyl (C=O) groups is 1. The molecule has 0 radical (unpaired) electrons. The average molecular weight is 574 g/mol. The van der Waals surface area contributed by atoms with E-state index in [1.807, 2.05) is 72.8 Å². The first-order chi connectivity index (χ1) is 21.0. The molecule has 0 unspecified atom stereocenters. The van der Waals surface area contributed by atoms with Crippen molar-refractivity contribution >= 4 is 27.9 Å². The van der Waals surface area contributed by atoms with Crippen LogP contribution in [0.25, 0.3) is 33.3 Å². The summed E-state index contributed by atoms with van der Waals surface area (Å²) >= 11 is 0. The summed E-state index contributed by atoms with van der Waals surface area (Å²) in [6.07, 6.45) is 3.37. The minimum atomic E-state index is -0.755. The second-order valence-corrected chi connectivity index (χ2v) is 11.2. The Labute approximate surface area is 248 Å². The molecular formula is C34H31N5O4. The van der Waals surface area contributed by atoms with Crippen molar-refractivity contribution < 1.29 is 19.2 Å². The van der Waals surface area contributed by atoms with E-state index >= 15 is 0 Å². The van der Waals surface area contributed by atoms with Gasteiger partial charge in [0, 0.05) is 36.4 Å². The molecule has 43 heavy (non-hydrogen) atoms. The third-order valence-corrected chi connectivity index (χ3v) is 8.29. The molecule has 3 aromatic heterocycles. The molecule has 1 aliphatic carbocycles. The predicted octanol–water partition coefficient (Wildman–Crippen LogP) is 6.93. The Morgan fingerprint density at radius 3 is 2.60 bits per heavy atom. The highest BCUT2D eigenvalue weighted by Crippen LogP contribution is 2.39. The summed E-state index contributed by atoms with van der Waals surface area (Å²) in [5.41, 5.74) is 5.44. The first-order valence-electron chi connectivity index (χ1n) is 14.6. The number of hydrogen-bond donors (Lipinski definition) is 1. The fourth-order valence-electron chi connectivity index (χ4n) is 6.11. The maximum Gasteiger partial charge on any atom is 0.307 e. The van der Waals surface area contributed by atoms with Gasteiger partial charge in [-0.15, -0.1) is 0 Å². The summed E-state index contributed by atoms with van der Waals surface area (Å²) in [5, 5.41) is 15.2. The predicted molar refractivity (Wildman–Crippen MR) is 162 cm³/mol. The number of nitrogens with zero attached hydrogens (tertiary/aromatic N) is 5. The van der Waals surface area contributed by atoms with Gasteiger partial charge >= 0.3 is 5.97 Å². The molecule has 3 aromatic carbocycles. The van der Waals surface area contributed by atoms with E-state index in [0.29, 0.717) is 37.0 Å². The molecule has 0 bridgehead atoms. The highest BCUT2D eigenvalue weighted by atomic mass is 16.5. The van der Waals surface area contributed by atoms with Gasteiger partial charge in [0.15, 0.2) is 0 Å². The van der Waals surface area contributed by atoms with Crippen molar-refractivity contribution in [3.8, 4) is 17.1 Å². The number of aryl methyl sites for hydroxylation is 1. The minimum Gasteiger partial charge on any atom is -0.487 e. The van der Waals surface area contributed by atoms with E-state index in [-0.39, 0.29) is 5.92 Å². The lowest BCUT2D eigenvalue weighted by Gasteiger charge is -2.28. The monoisotopic (exact) mass is 573 g/mol. The van der Waals surface area contributed by atoms with Gasteiger partial charge in [-0.1, -0.05) is 66.5 Å². The van der Waals surface area contributed by atoms with Crippen LogP contribution in [-0.4, -0.2) is 35.8 Å². The SMILES string of the molecule is Cc1nc(-c2ccc(Cn3c([C@@H]4CCCC[C@@H]4C(=O)O)nc4cc(OCc5ccc6ccccc6n5)ccc43)cc2)no1. The van der Waals surface area contributed by atoms with Gasteiger partial charge in [0.25, 0.3) is 0 Å². The number of aromatic nitrogens is 5. The zero-order chi connectivity index (χ0) is 29.3. The third kappa shape index (κ3) is 5.46. The lowest BCUT2D eigenvalue weighted by molar-refractivity contribution is -0.143. The molecule has 1 aliphatic rings. The van der Waals surface area contributed by atoms with Crippen LogP contribution in [0.15, 0.2) is 83.4 Å². The van der Waals surface area contributed by atoms with E-state index in [2.05, 4.69) is 20.8 Å². The lowest BCUT2D eigenvalue weighted by Crippen LogP contribution is -2.27. The molecule has 1 saturated carbocycles. The first-order valence-corrected chi connectivity index (χ1v) is 14.6. The zero-order valence-corrected chi connectivity index (χ0v) is 23.8. The molecule has 1 fully saturated rings. The van der Waals surface area contributed by atoms with E-state index in [1.54, 1.807) is 6.92 Å². The van der Waals surface area contributed by atoms with Crippen LogP contribution in [0.3, 0.4) is 0 Å². The number of imidazole rings is 1. The molecule has 0 spiro atoms. The number of hydrogen-bond acceptors (Lipinski definition) is 7. The van der Waals surface area contributed by atoms with Crippen LogP contribution in [0.2, 0.25) is 0 Å². The molecule has 6 aromatic rings. The Kier molecular flexibility index (Phi) is 7.06. The van der Waals surface area contributed by atoms with Crippen LogP contribution >= 0.6 is 0 Å². The molecule has 3 heterocycles. The Morgan fingerprint density at radius 2 is 1.79 bits per heavy atom. The van der Waals surface area contributed by atoms with Gasteiger partial charge < -0.3 is 18.9 Å². The van der Waals surface area contributed by atoms with Crippen molar-refractivity contribution in [2.45, 2.75) is 51.7 Å². The summed E-state index contributed by atoms with van der Waals surface area (Å²) in [7, 11) is 0. The van der Waals surface area contributed by atoms with Crippen LogP contribution in [0.4, 0.5) is 0 Å². The Morgan fingerprint density at radius 1 is 0.953 bits per heavy atom. The molecule has 1 N–H and O–H groups in total. The largest absolute Gasteiger partial charge is 0.487 e. The van der Waals surface area contributed by atoms with Crippen LogP contribution in [0, 0.1) is 12.8 Å². The topological polar surface area (TPSA) is 116 Å². The number of carboxylic acid groups (broad SMARTS) is 1. The minimum absolute atomic E-state index is 0.161. The molecule has 9 nitrogen and oxygen atoms in total. The van der Waals surface area contributed by atoms with Crippen molar-refractivity contribution in [2.24, 2.45) is 5.92 Å². The van der Waals surface area contributed by atoms with Crippen LogP contribution < -0.4 is 4.74 Å². The molecule has 0 saturated heterocycles. The summed E-state index contributed by atoms with van der Waals surface area (Å²) in [5.74, 6) is 1.20. The molecule has 9 heteroatoms. The van der Waals surface area contributed by atoms with Gasteiger partial charge in [-0.25, -0.2) is 9.97 Å². The van der Waals surface area contributed by atoms with Crippen molar-refractivity contribution in [1.29, 1.82) is 0 Å². The highest BCUT2D eigenvalue weighted by molar-refractivity contribution is 5.79. The fourth-order valence-corrected chi connectivity index (χ4v) is 6.11. The Hall–Kier alpha value is -5.05. The van der Waals surface area contributed by atoms with Crippen molar-refractivity contribution in [2.75, 3.05) is 0 Å². The zero-order valence-electron chi connectivity index (χ0n) is 23.8. The van der Waals surface area contributed by atoms with Crippen LogP contribution in [-0.2, 0) is 17.9 Å². The van der Waals surface area contributed by atoms with E-state index in [4.69, 9.17) is 19.2 Å². The standard InChI is InChI=1S/C34H31N5O4/c1-21-35-32(38-43-21)24-12-10-22(11-13-24)19-39-31-17-16-26(42-20-25-15-14-23-6-2-5-9-29(23)36-25)18-30(31)37-33(39)27-7-3-4-8-28(27)34(40)41/h2,5-6,9-18,27-28H,3-4,7-8,19-20H2,1H3,(H,40,41)/t27-,28+/m1/s1. The van der Waals surface area contributed by atoms with E-state index in [1.165, 1.54) is 0 Å². The van der Waals surface area contributed by atoms with Crippen molar-refractivity contribution in [1.82, 2.24) is 24.7 Å². The first kappa shape index (κ1) is 26.8. The number of pyridine rings is 1. The van der Waals surface area contributed by atoms with E-state index in [9.17, 15) is 9.90 Å². The Balaban J connectivity index is 1.20.